The van der Waals surface area contributed by atoms with Crippen molar-refractivity contribution >= 4 is 0 Å². The van der Waals surface area contributed by atoms with Gasteiger partial charge in [0.05, 0.1) is 12.2 Å². The van der Waals surface area contributed by atoms with Gasteiger partial charge < -0.3 is 9.73 Å². The Hall–Kier alpha value is -0.870. The van der Waals surface area contributed by atoms with Gasteiger partial charge in [-0.1, -0.05) is 34.6 Å². The van der Waals surface area contributed by atoms with Gasteiger partial charge in [0.2, 0.25) is 5.89 Å². The lowest BCUT2D eigenvalue weighted by atomic mass is 9.83. The second-order valence-corrected chi connectivity index (χ2v) is 7.82. The number of nitrogens with zero attached hydrogens (tertiary/aromatic N) is 2. The quantitative estimate of drug-likeness (QED) is 0.929. The van der Waals surface area contributed by atoms with Crippen LogP contribution in [-0.2, 0) is 6.54 Å². The molecule has 0 saturated carbocycles. The van der Waals surface area contributed by atoms with Crippen LogP contribution in [0, 0.1) is 25.2 Å². The topological polar surface area (TPSA) is 41.3 Å². The zero-order valence-electron chi connectivity index (χ0n) is 14.7. The molecule has 2 atom stereocenters. The molecule has 1 aliphatic rings. The van der Waals surface area contributed by atoms with Crippen LogP contribution >= 0.6 is 0 Å². The van der Waals surface area contributed by atoms with Gasteiger partial charge in [0, 0.05) is 25.2 Å². The molecule has 0 amide bonds. The minimum atomic E-state index is 0.266. The highest BCUT2D eigenvalue weighted by atomic mass is 16.4. The molecular formula is C17H31N3O. The van der Waals surface area contributed by atoms with Gasteiger partial charge in [-0.25, -0.2) is 4.98 Å². The molecule has 4 heteroatoms. The van der Waals surface area contributed by atoms with Crippen molar-refractivity contribution < 1.29 is 4.42 Å². The van der Waals surface area contributed by atoms with Gasteiger partial charge >= 0.3 is 0 Å². The molecular weight excluding hydrogens is 262 g/mol. The minimum absolute atomic E-state index is 0.266. The highest BCUT2D eigenvalue weighted by molar-refractivity contribution is 5.06. The van der Waals surface area contributed by atoms with Crippen LogP contribution in [0.5, 0.6) is 0 Å². The molecule has 2 rings (SSSR count). The fourth-order valence-corrected chi connectivity index (χ4v) is 3.03. The van der Waals surface area contributed by atoms with E-state index in [1.165, 1.54) is 0 Å². The average molecular weight is 293 g/mol. The molecule has 2 heterocycles. The third kappa shape index (κ3) is 3.86. The second kappa shape index (κ2) is 6.09. The molecule has 1 saturated heterocycles. The monoisotopic (exact) mass is 293 g/mol. The van der Waals surface area contributed by atoms with E-state index >= 15 is 0 Å². The van der Waals surface area contributed by atoms with Crippen molar-refractivity contribution in [3.05, 3.63) is 17.3 Å². The van der Waals surface area contributed by atoms with Crippen molar-refractivity contribution in [1.82, 2.24) is 15.2 Å². The molecule has 1 aliphatic heterocycles. The Balaban J connectivity index is 2.14. The first kappa shape index (κ1) is 16.5. The van der Waals surface area contributed by atoms with Gasteiger partial charge in [-0.15, -0.1) is 0 Å². The molecule has 1 aromatic heterocycles. The zero-order valence-corrected chi connectivity index (χ0v) is 14.7. The van der Waals surface area contributed by atoms with Crippen LogP contribution in [0.4, 0.5) is 0 Å². The van der Waals surface area contributed by atoms with Gasteiger partial charge in [0.1, 0.15) is 5.76 Å². The van der Waals surface area contributed by atoms with E-state index in [0.717, 1.165) is 37.0 Å². The van der Waals surface area contributed by atoms with Gasteiger partial charge in [0.25, 0.3) is 0 Å². The summed E-state index contributed by atoms with van der Waals surface area (Å²) in [4.78, 5) is 7.10. The van der Waals surface area contributed by atoms with E-state index in [-0.39, 0.29) is 5.41 Å². The summed E-state index contributed by atoms with van der Waals surface area (Å²) in [5.41, 5.74) is 1.27. The van der Waals surface area contributed by atoms with Gasteiger partial charge in [-0.3, -0.25) is 4.90 Å². The van der Waals surface area contributed by atoms with Gasteiger partial charge in [-0.2, -0.15) is 0 Å². The second-order valence-electron chi connectivity index (χ2n) is 7.82. The fourth-order valence-electron chi connectivity index (χ4n) is 3.03. The molecule has 1 aromatic rings. The normalized spacial score (nSPS) is 24.8. The Morgan fingerprint density at radius 3 is 2.48 bits per heavy atom. The number of piperazine rings is 1. The molecule has 120 valence electrons. The van der Waals surface area contributed by atoms with Crippen molar-refractivity contribution in [2.24, 2.45) is 11.3 Å². The molecule has 0 bridgehead atoms. The van der Waals surface area contributed by atoms with E-state index in [9.17, 15) is 0 Å². The van der Waals surface area contributed by atoms with Crippen molar-refractivity contribution in [2.75, 3.05) is 13.1 Å². The van der Waals surface area contributed by atoms with Gasteiger partial charge in [0.15, 0.2) is 0 Å². The van der Waals surface area contributed by atoms with Crippen LogP contribution in [0.3, 0.4) is 0 Å². The Morgan fingerprint density at radius 2 is 2.00 bits per heavy atom. The third-order valence-electron chi connectivity index (χ3n) is 4.69. The highest BCUT2D eigenvalue weighted by Crippen LogP contribution is 2.26. The van der Waals surface area contributed by atoms with Crippen LogP contribution in [0.25, 0.3) is 0 Å². The summed E-state index contributed by atoms with van der Waals surface area (Å²) < 4.78 is 5.79. The molecule has 0 aromatic carbocycles. The largest absolute Gasteiger partial charge is 0.444 e. The van der Waals surface area contributed by atoms with Crippen LogP contribution in [0.1, 0.15) is 52.0 Å². The van der Waals surface area contributed by atoms with E-state index in [4.69, 9.17) is 4.42 Å². The number of rotatable bonds is 3. The first-order chi connectivity index (χ1) is 9.68. The van der Waals surface area contributed by atoms with E-state index in [1.807, 2.05) is 13.8 Å². The van der Waals surface area contributed by atoms with Crippen molar-refractivity contribution in [3.63, 3.8) is 0 Å². The van der Waals surface area contributed by atoms with Crippen LogP contribution in [0.15, 0.2) is 4.42 Å². The van der Waals surface area contributed by atoms with Gasteiger partial charge in [-0.05, 0) is 25.2 Å². The summed E-state index contributed by atoms with van der Waals surface area (Å²) >= 11 is 0. The summed E-state index contributed by atoms with van der Waals surface area (Å²) in [6, 6.07) is 1.04. The van der Waals surface area contributed by atoms with Crippen LogP contribution in [-0.4, -0.2) is 35.1 Å². The van der Waals surface area contributed by atoms with E-state index in [1.54, 1.807) is 0 Å². The minimum Gasteiger partial charge on any atom is -0.444 e. The first-order valence-corrected chi connectivity index (χ1v) is 8.09. The number of hydrogen-bond acceptors (Lipinski definition) is 4. The maximum absolute atomic E-state index is 5.79. The molecule has 0 aliphatic carbocycles. The summed E-state index contributed by atoms with van der Waals surface area (Å²) in [5.74, 6) is 2.41. The Kier molecular flexibility index (Phi) is 4.79. The van der Waals surface area contributed by atoms with E-state index in [2.05, 4.69) is 49.8 Å². The predicted molar refractivity (Wildman–Crippen MR) is 86.3 cm³/mol. The summed E-state index contributed by atoms with van der Waals surface area (Å²) in [5, 5.41) is 3.73. The number of aromatic nitrogens is 1. The lowest BCUT2D eigenvalue weighted by Crippen LogP contribution is -2.61. The van der Waals surface area contributed by atoms with Crippen molar-refractivity contribution in [1.29, 1.82) is 0 Å². The first-order valence-electron chi connectivity index (χ1n) is 8.09. The zero-order chi connectivity index (χ0) is 15.8. The van der Waals surface area contributed by atoms with Crippen LogP contribution < -0.4 is 5.32 Å². The summed E-state index contributed by atoms with van der Waals surface area (Å²) in [6.07, 6.45) is 0. The SMILES string of the molecule is Cc1nc(CN2CC(C(C)(C)C)NCC2C(C)C)oc1C. The predicted octanol–water partition coefficient (Wildman–Crippen LogP) is 3.14. The Bertz CT molecular complexity index is 453. The lowest BCUT2D eigenvalue weighted by molar-refractivity contribution is 0.0506. The maximum atomic E-state index is 5.79. The number of aryl methyl sites for hydroxylation is 2. The molecule has 0 spiro atoms. The number of oxazole rings is 1. The molecule has 21 heavy (non-hydrogen) atoms. The lowest BCUT2D eigenvalue weighted by Gasteiger charge is -2.46. The summed E-state index contributed by atoms with van der Waals surface area (Å²) in [6.45, 7) is 18.4. The van der Waals surface area contributed by atoms with Crippen molar-refractivity contribution in [2.45, 2.75) is 67.1 Å². The Morgan fingerprint density at radius 1 is 1.33 bits per heavy atom. The third-order valence-corrected chi connectivity index (χ3v) is 4.69. The maximum Gasteiger partial charge on any atom is 0.208 e. The molecule has 1 fully saturated rings. The average Bonchev–Trinajstić information content (AvgIpc) is 2.66. The molecule has 1 N–H and O–H groups in total. The smallest absolute Gasteiger partial charge is 0.208 e. The molecule has 4 nitrogen and oxygen atoms in total. The fraction of sp³-hybridized carbons (Fsp3) is 0.824. The van der Waals surface area contributed by atoms with Crippen molar-refractivity contribution in [3.8, 4) is 0 Å². The molecule has 0 radical (unpaired) electrons. The standard InChI is InChI=1S/C17H31N3O/c1-11(2)14-8-18-15(17(5,6)7)9-20(14)10-16-19-12(3)13(4)21-16/h11,14-15,18H,8-10H2,1-7H3. The van der Waals surface area contributed by atoms with Crippen LogP contribution in [0.2, 0.25) is 0 Å². The molecule has 2 unspecified atom stereocenters. The number of hydrogen-bond donors (Lipinski definition) is 1. The summed E-state index contributed by atoms with van der Waals surface area (Å²) in [7, 11) is 0. The van der Waals surface area contributed by atoms with E-state index < -0.39 is 0 Å². The highest BCUT2D eigenvalue weighted by Gasteiger charge is 2.35. The van der Waals surface area contributed by atoms with E-state index in [0.29, 0.717) is 18.0 Å². The Labute approximate surface area is 129 Å². The number of nitrogens with one attached hydrogen (secondary N) is 1.